The zero-order valence-corrected chi connectivity index (χ0v) is 12.8. The zero-order chi connectivity index (χ0) is 15.8. The average molecular weight is 319 g/mol. The standard InChI is InChI=1S/C15H17N3O3S/c16-10-15(6-7-15)18-14(19)13-8-12(9-17-13)22(20,21)11-4-2-1-3-5-11/h1-5,12-13,17H,6-9H2,(H,18,19)/t12-,13+/m1/s1. The maximum absolute atomic E-state index is 12.5. The van der Waals surface area contributed by atoms with Crippen LogP contribution in [0.15, 0.2) is 35.2 Å². The van der Waals surface area contributed by atoms with E-state index in [9.17, 15) is 13.2 Å². The van der Waals surface area contributed by atoms with Crippen molar-refractivity contribution in [2.45, 2.75) is 41.0 Å². The second-order valence-corrected chi connectivity index (χ2v) is 8.09. The Morgan fingerprint density at radius 3 is 2.59 bits per heavy atom. The summed E-state index contributed by atoms with van der Waals surface area (Å²) in [7, 11) is -3.45. The molecule has 116 valence electrons. The Balaban J connectivity index is 1.68. The molecule has 0 unspecified atom stereocenters. The quantitative estimate of drug-likeness (QED) is 0.835. The summed E-state index contributed by atoms with van der Waals surface area (Å²) in [5, 5.41) is 14.0. The van der Waals surface area contributed by atoms with Crippen molar-refractivity contribution in [3.63, 3.8) is 0 Å². The Bertz CT molecular complexity index is 720. The predicted octanol–water partition coefficient (Wildman–Crippen LogP) is 0.363. The zero-order valence-electron chi connectivity index (χ0n) is 12.0. The molecule has 2 N–H and O–H groups in total. The van der Waals surface area contributed by atoms with Crippen LogP contribution in [-0.4, -0.2) is 37.7 Å². The van der Waals surface area contributed by atoms with Crippen molar-refractivity contribution in [1.82, 2.24) is 10.6 Å². The number of hydrogen-bond acceptors (Lipinski definition) is 5. The van der Waals surface area contributed by atoms with Gasteiger partial charge in [0, 0.05) is 6.54 Å². The van der Waals surface area contributed by atoms with E-state index in [1.807, 2.05) is 0 Å². The van der Waals surface area contributed by atoms with Gasteiger partial charge in [0.15, 0.2) is 9.84 Å². The van der Waals surface area contributed by atoms with Gasteiger partial charge in [-0.15, -0.1) is 0 Å². The van der Waals surface area contributed by atoms with Crippen molar-refractivity contribution in [2.24, 2.45) is 0 Å². The van der Waals surface area contributed by atoms with Gasteiger partial charge in [0.25, 0.3) is 0 Å². The second-order valence-electron chi connectivity index (χ2n) is 5.86. The van der Waals surface area contributed by atoms with Crippen molar-refractivity contribution in [2.75, 3.05) is 6.54 Å². The molecule has 3 rings (SSSR count). The highest BCUT2D eigenvalue weighted by molar-refractivity contribution is 7.92. The third kappa shape index (κ3) is 2.72. The van der Waals surface area contributed by atoms with E-state index < -0.39 is 26.7 Å². The first-order valence-corrected chi connectivity index (χ1v) is 8.77. The molecule has 1 heterocycles. The molecule has 0 bridgehead atoms. The molecular formula is C15H17N3O3S. The number of benzene rings is 1. The van der Waals surface area contributed by atoms with Crippen molar-refractivity contribution >= 4 is 15.7 Å². The summed E-state index contributed by atoms with van der Waals surface area (Å²) in [6.45, 7) is 0.245. The number of nitrogens with one attached hydrogen (secondary N) is 2. The van der Waals surface area contributed by atoms with Crippen LogP contribution in [0.1, 0.15) is 19.3 Å². The Morgan fingerprint density at radius 1 is 1.32 bits per heavy atom. The third-order valence-corrected chi connectivity index (χ3v) is 6.41. The van der Waals surface area contributed by atoms with Crippen molar-refractivity contribution in [3.8, 4) is 6.07 Å². The van der Waals surface area contributed by atoms with Gasteiger partial charge in [-0.3, -0.25) is 4.79 Å². The molecule has 1 aromatic rings. The highest BCUT2D eigenvalue weighted by atomic mass is 32.2. The van der Waals surface area contributed by atoms with E-state index in [1.165, 1.54) is 0 Å². The van der Waals surface area contributed by atoms with E-state index in [0.29, 0.717) is 12.8 Å². The molecule has 0 radical (unpaired) electrons. The van der Waals surface area contributed by atoms with Gasteiger partial charge in [-0.2, -0.15) is 5.26 Å². The maximum Gasteiger partial charge on any atom is 0.238 e. The topological polar surface area (TPSA) is 99.1 Å². The van der Waals surface area contributed by atoms with Gasteiger partial charge >= 0.3 is 0 Å². The van der Waals surface area contributed by atoms with Gasteiger partial charge in [0.2, 0.25) is 5.91 Å². The number of carbonyl (C=O) groups excluding carboxylic acids is 1. The first kappa shape index (κ1) is 15.0. The first-order valence-electron chi connectivity index (χ1n) is 7.22. The van der Waals surface area contributed by atoms with Crippen LogP contribution in [-0.2, 0) is 14.6 Å². The number of nitrogens with zero attached hydrogens (tertiary/aromatic N) is 1. The lowest BCUT2D eigenvalue weighted by Crippen LogP contribution is -2.45. The van der Waals surface area contributed by atoms with Crippen molar-refractivity contribution in [3.05, 3.63) is 30.3 Å². The number of carbonyl (C=O) groups is 1. The van der Waals surface area contributed by atoms with Gasteiger partial charge in [0.1, 0.15) is 5.54 Å². The SMILES string of the molecule is N#CC1(NC(=O)[C@@H]2C[C@@H](S(=O)(=O)c3ccccc3)CN2)CC1. The van der Waals surface area contributed by atoms with Crippen LogP contribution >= 0.6 is 0 Å². The van der Waals surface area contributed by atoms with Crippen LogP contribution in [0.4, 0.5) is 0 Å². The van der Waals surface area contributed by atoms with Crippen LogP contribution < -0.4 is 10.6 Å². The van der Waals surface area contributed by atoms with Gasteiger partial charge in [-0.1, -0.05) is 18.2 Å². The summed E-state index contributed by atoms with van der Waals surface area (Å²) in [4.78, 5) is 12.4. The Labute approximate surface area is 129 Å². The van der Waals surface area contributed by atoms with Crippen LogP contribution in [0.3, 0.4) is 0 Å². The molecule has 1 aliphatic heterocycles. The fourth-order valence-electron chi connectivity index (χ4n) is 2.65. The number of rotatable bonds is 4. The summed E-state index contributed by atoms with van der Waals surface area (Å²) < 4.78 is 25.1. The molecule has 1 saturated heterocycles. The average Bonchev–Trinajstić information content (AvgIpc) is 3.11. The fraction of sp³-hybridized carbons (Fsp3) is 0.467. The molecule has 2 aliphatic rings. The molecular weight excluding hydrogens is 302 g/mol. The van der Waals surface area contributed by atoms with E-state index in [4.69, 9.17) is 5.26 Å². The van der Waals surface area contributed by atoms with E-state index in [2.05, 4.69) is 16.7 Å². The van der Waals surface area contributed by atoms with E-state index >= 15 is 0 Å². The van der Waals surface area contributed by atoms with Gasteiger partial charge in [0.05, 0.1) is 22.3 Å². The number of sulfone groups is 1. The number of amides is 1. The second kappa shape index (κ2) is 5.38. The minimum Gasteiger partial charge on any atom is -0.336 e. The fourth-order valence-corrected chi connectivity index (χ4v) is 4.34. The van der Waals surface area contributed by atoms with Gasteiger partial charge in [-0.25, -0.2) is 8.42 Å². The normalized spacial score (nSPS) is 26.1. The monoisotopic (exact) mass is 319 g/mol. The first-order chi connectivity index (χ1) is 10.5. The van der Waals surface area contributed by atoms with Crippen LogP contribution in [0, 0.1) is 11.3 Å². The Morgan fingerprint density at radius 2 is 2.00 bits per heavy atom. The smallest absolute Gasteiger partial charge is 0.238 e. The number of hydrogen-bond donors (Lipinski definition) is 2. The summed E-state index contributed by atoms with van der Waals surface area (Å²) in [5.74, 6) is -0.287. The molecule has 2 fully saturated rings. The summed E-state index contributed by atoms with van der Waals surface area (Å²) in [5.41, 5.74) is -0.727. The summed E-state index contributed by atoms with van der Waals surface area (Å²) in [6.07, 6.45) is 1.55. The van der Waals surface area contributed by atoms with E-state index in [0.717, 1.165) is 0 Å². The van der Waals surface area contributed by atoms with E-state index in [-0.39, 0.29) is 23.8 Å². The lowest BCUT2D eigenvalue weighted by Gasteiger charge is -2.14. The van der Waals surface area contributed by atoms with Crippen LogP contribution in [0.2, 0.25) is 0 Å². The molecule has 2 atom stereocenters. The van der Waals surface area contributed by atoms with Crippen LogP contribution in [0.5, 0.6) is 0 Å². The molecule has 0 spiro atoms. The Hall–Kier alpha value is -1.91. The molecule has 1 saturated carbocycles. The Kier molecular flexibility index (Phi) is 3.67. The maximum atomic E-state index is 12.5. The van der Waals surface area contributed by atoms with Crippen LogP contribution in [0.25, 0.3) is 0 Å². The molecule has 1 amide bonds. The lowest BCUT2D eigenvalue weighted by molar-refractivity contribution is -0.123. The molecule has 6 nitrogen and oxygen atoms in total. The minimum atomic E-state index is -3.45. The predicted molar refractivity (Wildman–Crippen MR) is 79.5 cm³/mol. The highest BCUT2D eigenvalue weighted by Gasteiger charge is 2.47. The van der Waals surface area contributed by atoms with Gasteiger partial charge < -0.3 is 10.6 Å². The largest absolute Gasteiger partial charge is 0.336 e. The van der Waals surface area contributed by atoms with E-state index in [1.54, 1.807) is 30.3 Å². The number of nitriles is 1. The van der Waals surface area contributed by atoms with Crippen molar-refractivity contribution < 1.29 is 13.2 Å². The summed E-state index contributed by atoms with van der Waals surface area (Å²) in [6, 6.07) is 9.80. The summed E-state index contributed by atoms with van der Waals surface area (Å²) >= 11 is 0. The molecule has 22 heavy (non-hydrogen) atoms. The molecule has 7 heteroatoms. The molecule has 1 aliphatic carbocycles. The molecule has 0 aromatic heterocycles. The third-order valence-electron chi connectivity index (χ3n) is 4.24. The highest BCUT2D eigenvalue weighted by Crippen LogP contribution is 2.34. The molecule has 1 aromatic carbocycles. The van der Waals surface area contributed by atoms with Gasteiger partial charge in [-0.05, 0) is 31.4 Å². The minimum absolute atomic E-state index is 0.227. The van der Waals surface area contributed by atoms with Crippen molar-refractivity contribution in [1.29, 1.82) is 5.26 Å². The lowest BCUT2D eigenvalue weighted by atomic mass is 10.2.